The molecule has 38 heavy (non-hydrogen) atoms. The Balaban J connectivity index is 1.55. The van der Waals surface area contributed by atoms with Gasteiger partial charge in [-0.3, -0.25) is 4.57 Å². The molecule has 2 fully saturated rings. The summed E-state index contributed by atoms with van der Waals surface area (Å²) in [5.41, 5.74) is 0.763. The fourth-order valence-electron chi connectivity index (χ4n) is 4.58. The number of hydrogen-bond acceptors (Lipinski definition) is 10. The first-order valence-electron chi connectivity index (χ1n) is 13.0. The first-order valence-corrected chi connectivity index (χ1v) is 13.0. The summed E-state index contributed by atoms with van der Waals surface area (Å²) in [4.78, 5) is 22.0. The molecule has 2 aromatic heterocycles. The summed E-state index contributed by atoms with van der Waals surface area (Å²) in [7, 11) is 3.97. The summed E-state index contributed by atoms with van der Waals surface area (Å²) in [5, 5.41) is 3.30. The Hall–Kier alpha value is -3.16. The van der Waals surface area contributed by atoms with Gasteiger partial charge in [0.15, 0.2) is 5.82 Å². The highest BCUT2D eigenvalue weighted by Crippen LogP contribution is 2.32. The zero-order valence-corrected chi connectivity index (χ0v) is 21.8. The largest absolute Gasteiger partial charge is 0.491 e. The number of halogens is 2. The highest BCUT2D eigenvalue weighted by atomic mass is 19.3. The topological polar surface area (TPSA) is 103 Å². The van der Waals surface area contributed by atoms with Gasteiger partial charge in [-0.15, -0.1) is 0 Å². The maximum absolute atomic E-state index is 14.3. The van der Waals surface area contributed by atoms with Crippen molar-refractivity contribution in [1.29, 1.82) is 0 Å². The number of aromatic nitrogens is 5. The summed E-state index contributed by atoms with van der Waals surface area (Å²) in [6.07, 6.45) is -0.529. The van der Waals surface area contributed by atoms with E-state index < -0.39 is 12.2 Å². The van der Waals surface area contributed by atoms with Crippen LogP contribution in [0.1, 0.15) is 31.5 Å². The number of rotatable bonds is 10. The number of nitrogens with zero attached hydrogens (tertiary/aromatic N) is 7. The van der Waals surface area contributed by atoms with Crippen molar-refractivity contribution in [2.45, 2.75) is 31.8 Å². The summed E-state index contributed by atoms with van der Waals surface area (Å²) in [6.45, 7) is 5.15. The number of morpholine rings is 1. The van der Waals surface area contributed by atoms with Crippen molar-refractivity contribution in [3.63, 3.8) is 0 Å². The van der Waals surface area contributed by atoms with Gasteiger partial charge in [-0.25, -0.2) is 13.8 Å². The third kappa shape index (κ3) is 6.11. The number of para-hydroxylation sites is 1. The predicted octanol–water partition coefficient (Wildman–Crippen LogP) is 2.45. The molecule has 0 bridgehead atoms. The Morgan fingerprint density at radius 2 is 1.84 bits per heavy atom. The highest BCUT2D eigenvalue weighted by Gasteiger charge is 2.27. The Labute approximate surface area is 220 Å². The monoisotopic (exact) mass is 532 g/mol. The number of ether oxygens (including phenoxy) is 3. The van der Waals surface area contributed by atoms with Crippen LogP contribution in [-0.2, 0) is 4.74 Å². The molecule has 4 heterocycles. The van der Waals surface area contributed by atoms with Gasteiger partial charge >= 0.3 is 6.01 Å². The molecule has 1 N–H and O–H groups in total. The van der Waals surface area contributed by atoms with Crippen LogP contribution in [0.4, 0.5) is 14.7 Å². The minimum Gasteiger partial charge on any atom is -0.491 e. The lowest BCUT2D eigenvalue weighted by Crippen LogP contribution is -2.38. The number of anilines is 1. The third-order valence-electron chi connectivity index (χ3n) is 6.52. The van der Waals surface area contributed by atoms with E-state index in [9.17, 15) is 8.78 Å². The molecule has 2 aliphatic rings. The average molecular weight is 533 g/mol. The fourth-order valence-corrected chi connectivity index (χ4v) is 4.58. The average Bonchev–Trinajstić information content (AvgIpc) is 3.33. The predicted molar refractivity (Wildman–Crippen MR) is 138 cm³/mol. The molecule has 2 aliphatic heterocycles. The minimum atomic E-state index is -2.86. The van der Waals surface area contributed by atoms with E-state index in [-0.39, 0.29) is 18.1 Å². The molecule has 3 aromatic rings. The van der Waals surface area contributed by atoms with Crippen molar-refractivity contribution in [3.8, 4) is 17.7 Å². The van der Waals surface area contributed by atoms with Gasteiger partial charge in [0, 0.05) is 19.6 Å². The van der Waals surface area contributed by atoms with E-state index in [1.165, 1.54) is 4.57 Å². The van der Waals surface area contributed by atoms with Crippen LogP contribution in [0.3, 0.4) is 0 Å². The summed E-state index contributed by atoms with van der Waals surface area (Å²) >= 11 is 0. The van der Waals surface area contributed by atoms with Gasteiger partial charge in [-0.05, 0) is 58.6 Å². The molecule has 0 saturated carbocycles. The maximum Gasteiger partial charge on any atom is 0.323 e. The van der Waals surface area contributed by atoms with Crippen LogP contribution < -0.4 is 19.7 Å². The Morgan fingerprint density at radius 3 is 2.58 bits per heavy atom. The van der Waals surface area contributed by atoms with Crippen LogP contribution >= 0.6 is 0 Å². The minimum absolute atomic E-state index is 0.0352. The van der Waals surface area contributed by atoms with Gasteiger partial charge in [-0.2, -0.15) is 15.0 Å². The molecule has 13 heteroatoms. The number of piperidine rings is 1. The lowest BCUT2D eigenvalue weighted by molar-refractivity contribution is 0.121. The summed E-state index contributed by atoms with van der Waals surface area (Å²) in [5.74, 6) is 0.375. The van der Waals surface area contributed by atoms with Gasteiger partial charge < -0.3 is 29.3 Å². The van der Waals surface area contributed by atoms with Crippen LogP contribution in [0.2, 0.25) is 0 Å². The number of fused-ring (bicyclic) bond motifs is 1. The second-order valence-electron chi connectivity index (χ2n) is 9.62. The van der Waals surface area contributed by atoms with Crippen LogP contribution in [0.5, 0.6) is 11.8 Å². The number of alkyl halides is 2. The van der Waals surface area contributed by atoms with E-state index in [0.717, 1.165) is 38.9 Å². The van der Waals surface area contributed by atoms with E-state index in [4.69, 9.17) is 14.2 Å². The maximum atomic E-state index is 14.3. The molecule has 0 unspecified atom stereocenters. The van der Waals surface area contributed by atoms with E-state index in [1.807, 2.05) is 19.0 Å². The summed E-state index contributed by atoms with van der Waals surface area (Å²) < 4.78 is 47.5. The second kappa shape index (κ2) is 12.1. The Kier molecular flexibility index (Phi) is 8.45. The van der Waals surface area contributed by atoms with Gasteiger partial charge in [0.1, 0.15) is 17.4 Å². The van der Waals surface area contributed by atoms with Crippen LogP contribution in [0.25, 0.3) is 17.0 Å². The second-order valence-corrected chi connectivity index (χ2v) is 9.62. The fraction of sp³-hybridized carbons (Fsp3) is 0.600. The molecular weight excluding hydrogens is 498 g/mol. The first kappa shape index (κ1) is 26.4. The zero-order valence-electron chi connectivity index (χ0n) is 21.8. The van der Waals surface area contributed by atoms with Crippen molar-refractivity contribution >= 4 is 17.0 Å². The van der Waals surface area contributed by atoms with Crippen molar-refractivity contribution < 1.29 is 23.0 Å². The first-order chi connectivity index (χ1) is 18.5. The van der Waals surface area contributed by atoms with Crippen LogP contribution in [0.15, 0.2) is 18.2 Å². The van der Waals surface area contributed by atoms with E-state index >= 15 is 0 Å². The molecule has 0 aliphatic carbocycles. The molecule has 206 valence electrons. The molecule has 5 rings (SSSR count). The molecule has 0 spiro atoms. The van der Waals surface area contributed by atoms with Gasteiger partial charge in [-0.1, -0.05) is 6.07 Å². The third-order valence-corrected chi connectivity index (χ3v) is 6.52. The van der Waals surface area contributed by atoms with Gasteiger partial charge in [0.05, 0.1) is 25.3 Å². The quantitative estimate of drug-likeness (QED) is 0.392. The highest BCUT2D eigenvalue weighted by molar-refractivity contribution is 5.84. The van der Waals surface area contributed by atoms with Crippen molar-refractivity contribution in [3.05, 3.63) is 24.0 Å². The number of benzene rings is 1. The molecule has 2 saturated heterocycles. The molecule has 0 amide bonds. The number of imidazole rings is 1. The number of hydrogen-bond donors (Lipinski definition) is 1. The molecule has 0 atom stereocenters. The van der Waals surface area contributed by atoms with Crippen LogP contribution in [-0.4, -0.2) is 102 Å². The molecular formula is C25H34F2N8O3. The lowest BCUT2D eigenvalue weighted by Gasteiger charge is -2.28. The molecule has 1 aromatic carbocycles. The van der Waals surface area contributed by atoms with Crippen molar-refractivity contribution in [1.82, 2.24) is 34.7 Å². The van der Waals surface area contributed by atoms with Gasteiger partial charge in [0.25, 0.3) is 6.43 Å². The standard InChI is InChI=1S/C25H34F2N8O3/c1-33(2)11-4-14-37-19-6-3-5-18-20(19)29-22(21(26)27)35(18)24-30-23(34-12-15-36-16-13-34)31-25(32-24)38-17-7-9-28-10-8-17/h3,5-6,17,21,28H,4,7-16H2,1-2H3. The molecule has 0 radical (unpaired) electrons. The number of nitrogens with one attached hydrogen (secondary N) is 1. The van der Waals surface area contributed by atoms with Crippen LogP contribution in [0, 0.1) is 0 Å². The smallest absolute Gasteiger partial charge is 0.323 e. The lowest BCUT2D eigenvalue weighted by atomic mass is 10.1. The normalized spacial score (nSPS) is 17.1. The zero-order chi connectivity index (χ0) is 26.5. The Bertz CT molecular complexity index is 1210. The van der Waals surface area contributed by atoms with Crippen molar-refractivity contribution in [2.24, 2.45) is 0 Å². The Morgan fingerprint density at radius 1 is 1.08 bits per heavy atom. The summed E-state index contributed by atoms with van der Waals surface area (Å²) in [6, 6.07) is 5.32. The van der Waals surface area contributed by atoms with E-state index in [0.29, 0.717) is 55.6 Å². The van der Waals surface area contributed by atoms with Crippen molar-refractivity contribution in [2.75, 3.05) is 71.5 Å². The SMILES string of the molecule is CN(C)CCCOc1cccc2c1nc(C(F)F)n2-c1nc(OC2CCNCC2)nc(N2CCOCC2)n1. The van der Waals surface area contributed by atoms with E-state index in [2.05, 4.69) is 30.2 Å². The van der Waals surface area contributed by atoms with Gasteiger partial charge in [0.2, 0.25) is 11.9 Å². The van der Waals surface area contributed by atoms with E-state index in [1.54, 1.807) is 18.2 Å². The molecule has 11 nitrogen and oxygen atoms in total.